The second kappa shape index (κ2) is 6.79. The van der Waals surface area contributed by atoms with E-state index in [1.165, 1.54) is 0 Å². The van der Waals surface area contributed by atoms with Gasteiger partial charge in [0.15, 0.2) is 5.92 Å². The number of carbonyl (C=O) groups excluding carboxylic acids is 1. The summed E-state index contributed by atoms with van der Waals surface area (Å²) in [5.74, 6) is -0.385. The van der Waals surface area contributed by atoms with Gasteiger partial charge in [-0.15, -0.1) is 0 Å². The van der Waals surface area contributed by atoms with Crippen molar-refractivity contribution in [2.75, 3.05) is 13.7 Å². The maximum atomic E-state index is 11.7. The molecule has 0 aliphatic rings. The number of methoxy groups -OCH3 is 1. The van der Waals surface area contributed by atoms with E-state index in [1.54, 1.807) is 26.2 Å². The summed E-state index contributed by atoms with van der Waals surface area (Å²) in [7, 11) is 1.61. The van der Waals surface area contributed by atoms with Crippen LogP contribution in [0.5, 0.6) is 5.75 Å². The third kappa shape index (κ3) is 3.47. The lowest BCUT2D eigenvalue weighted by atomic mass is 9.94. The molecule has 1 atom stereocenters. The van der Waals surface area contributed by atoms with E-state index in [-0.39, 0.29) is 12.5 Å². The second-order valence-corrected chi connectivity index (χ2v) is 4.47. The Morgan fingerprint density at radius 2 is 2.11 bits per heavy atom. The van der Waals surface area contributed by atoms with E-state index in [9.17, 15) is 4.79 Å². The van der Waals surface area contributed by atoms with Crippen molar-refractivity contribution in [3.63, 3.8) is 0 Å². The SMILES string of the molecule is CCOC(=O)C(C#N)c1ccc(OC)c(C(C)C)c1. The fraction of sp³-hybridized carbons (Fsp3) is 0.467. The molecule has 1 aromatic carbocycles. The first-order chi connectivity index (χ1) is 9.04. The smallest absolute Gasteiger partial charge is 0.327 e. The molecule has 0 N–H and O–H groups in total. The summed E-state index contributed by atoms with van der Waals surface area (Å²) in [4.78, 5) is 11.7. The molecule has 4 heteroatoms. The Bertz CT molecular complexity index is 489. The lowest BCUT2D eigenvalue weighted by Gasteiger charge is -2.15. The van der Waals surface area contributed by atoms with Gasteiger partial charge in [0.2, 0.25) is 0 Å². The first-order valence-corrected chi connectivity index (χ1v) is 6.29. The minimum Gasteiger partial charge on any atom is -0.496 e. The van der Waals surface area contributed by atoms with Crippen LogP contribution in [0.2, 0.25) is 0 Å². The molecule has 0 aliphatic heterocycles. The monoisotopic (exact) mass is 261 g/mol. The van der Waals surface area contributed by atoms with Gasteiger partial charge in [0, 0.05) is 0 Å². The maximum Gasteiger partial charge on any atom is 0.327 e. The van der Waals surface area contributed by atoms with Crippen LogP contribution in [0.1, 0.15) is 43.7 Å². The standard InChI is InChI=1S/C15H19NO3/c1-5-19-15(17)13(9-16)11-6-7-14(18-4)12(8-11)10(2)3/h6-8,10,13H,5H2,1-4H3. The van der Waals surface area contributed by atoms with Crippen molar-refractivity contribution in [2.24, 2.45) is 0 Å². The number of hydrogen-bond donors (Lipinski definition) is 0. The highest BCUT2D eigenvalue weighted by Crippen LogP contribution is 2.30. The predicted octanol–water partition coefficient (Wildman–Crippen LogP) is 2.99. The fourth-order valence-corrected chi connectivity index (χ4v) is 1.87. The minimum atomic E-state index is -0.886. The normalized spacial score (nSPS) is 11.8. The van der Waals surface area contributed by atoms with Gasteiger partial charge in [-0.1, -0.05) is 19.9 Å². The summed E-state index contributed by atoms with van der Waals surface area (Å²) < 4.78 is 10.2. The van der Waals surface area contributed by atoms with Crippen molar-refractivity contribution in [3.8, 4) is 11.8 Å². The minimum absolute atomic E-state index is 0.247. The Kier molecular flexibility index (Phi) is 5.37. The van der Waals surface area contributed by atoms with Gasteiger partial charge in [-0.2, -0.15) is 5.26 Å². The first kappa shape index (κ1) is 15.0. The molecule has 102 valence electrons. The van der Waals surface area contributed by atoms with E-state index in [0.29, 0.717) is 5.56 Å². The molecule has 0 saturated heterocycles. The third-order valence-corrected chi connectivity index (χ3v) is 2.86. The summed E-state index contributed by atoms with van der Waals surface area (Å²) in [6.45, 7) is 6.06. The molecule has 0 heterocycles. The molecule has 0 spiro atoms. The summed E-state index contributed by atoms with van der Waals surface area (Å²) in [5, 5.41) is 9.15. The topological polar surface area (TPSA) is 59.3 Å². The quantitative estimate of drug-likeness (QED) is 0.764. The van der Waals surface area contributed by atoms with Gasteiger partial charge in [-0.3, -0.25) is 4.79 Å². The number of benzene rings is 1. The summed E-state index contributed by atoms with van der Waals surface area (Å²) in [6, 6.07) is 7.35. The largest absolute Gasteiger partial charge is 0.496 e. The van der Waals surface area contributed by atoms with Crippen LogP contribution >= 0.6 is 0 Å². The van der Waals surface area contributed by atoms with E-state index in [2.05, 4.69) is 0 Å². The number of carbonyl (C=O) groups is 1. The second-order valence-electron chi connectivity index (χ2n) is 4.47. The zero-order valence-corrected chi connectivity index (χ0v) is 11.8. The summed E-state index contributed by atoms with van der Waals surface area (Å²) in [6.07, 6.45) is 0. The molecule has 0 amide bonds. The van der Waals surface area contributed by atoms with E-state index < -0.39 is 11.9 Å². The van der Waals surface area contributed by atoms with E-state index in [4.69, 9.17) is 14.7 Å². The van der Waals surface area contributed by atoms with E-state index in [0.717, 1.165) is 11.3 Å². The Balaban J connectivity index is 3.16. The van der Waals surface area contributed by atoms with Crippen LogP contribution in [-0.2, 0) is 9.53 Å². The van der Waals surface area contributed by atoms with Gasteiger partial charge in [0.05, 0.1) is 19.8 Å². The molecule has 1 aromatic rings. The van der Waals surface area contributed by atoms with Crippen LogP contribution in [0.4, 0.5) is 0 Å². The Hall–Kier alpha value is -2.02. The van der Waals surface area contributed by atoms with Gasteiger partial charge < -0.3 is 9.47 Å². The Labute approximate surface area is 113 Å². The Morgan fingerprint density at radius 3 is 2.58 bits per heavy atom. The molecule has 0 radical (unpaired) electrons. The van der Waals surface area contributed by atoms with E-state index >= 15 is 0 Å². The van der Waals surface area contributed by atoms with Crippen molar-refractivity contribution in [1.29, 1.82) is 5.26 Å². The molecule has 1 rings (SSSR count). The summed E-state index contributed by atoms with van der Waals surface area (Å²) >= 11 is 0. The van der Waals surface area contributed by atoms with Crippen LogP contribution in [-0.4, -0.2) is 19.7 Å². The van der Waals surface area contributed by atoms with Gasteiger partial charge in [-0.25, -0.2) is 0 Å². The highest BCUT2D eigenvalue weighted by molar-refractivity contribution is 5.81. The van der Waals surface area contributed by atoms with Gasteiger partial charge in [-0.05, 0) is 36.1 Å². The zero-order valence-electron chi connectivity index (χ0n) is 11.8. The molecular weight excluding hydrogens is 242 g/mol. The molecule has 0 fully saturated rings. The predicted molar refractivity (Wildman–Crippen MR) is 72.1 cm³/mol. The Morgan fingerprint density at radius 1 is 1.42 bits per heavy atom. The highest BCUT2D eigenvalue weighted by Gasteiger charge is 2.23. The lowest BCUT2D eigenvalue weighted by molar-refractivity contribution is -0.143. The molecule has 1 unspecified atom stereocenters. The fourth-order valence-electron chi connectivity index (χ4n) is 1.87. The number of esters is 1. The number of nitriles is 1. The average Bonchev–Trinajstić information content (AvgIpc) is 2.39. The number of ether oxygens (including phenoxy) is 2. The van der Waals surface area contributed by atoms with Crippen molar-refractivity contribution in [3.05, 3.63) is 29.3 Å². The summed E-state index contributed by atoms with van der Waals surface area (Å²) in [5.41, 5.74) is 1.62. The average molecular weight is 261 g/mol. The number of rotatable bonds is 5. The molecule has 0 aliphatic carbocycles. The van der Waals surface area contributed by atoms with Crippen LogP contribution in [0.3, 0.4) is 0 Å². The molecule has 19 heavy (non-hydrogen) atoms. The van der Waals surface area contributed by atoms with Crippen LogP contribution in [0.25, 0.3) is 0 Å². The molecule has 0 aromatic heterocycles. The molecule has 4 nitrogen and oxygen atoms in total. The number of hydrogen-bond acceptors (Lipinski definition) is 4. The first-order valence-electron chi connectivity index (χ1n) is 6.29. The van der Waals surface area contributed by atoms with Crippen molar-refractivity contribution >= 4 is 5.97 Å². The van der Waals surface area contributed by atoms with Gasteiger partial charge in [0.25, 0.3) is 0 Å². The van der Waals surface area contributed by atoms with Crippen molar-refractivity contribution in [2.45, 2.75) is 32.6 Å². The van der Waals surface area contributed by atoms with Crippen LogP contribution < -0.4 is 4.74 Å². The van der Waals surface area contributed by atoms with E-state index in [1.807, 2.05) is 26.0 Å². The number of nitrogens with zero attached hydrogens (tertiary/aromatic N) is 1. The van der Waals surface area contributed by atoms with Crippen LogP contribution in [0, 0.1) is 11.3 Å². The lowest BCUT2D eigenvalue weighted by Crippen LogP contribution is -2.14. The van der Waals surface area contributed by atoms with Gasteiger partial charge in [0.1, 0.15) is 5.75 Å². The zero-order chi connectivity index (χ0) is 14.4. The molecule has 0 bridgehead atoms. The van der Waals surface area contributed by atoms with Gasteiger partial charge >= 0.3 is 5.97 Å². The van der Waals surface area contributed by atoms with Crippen molar-refractivity contribution < 1.29 is 14.3 Å². The third-order valence-electron chi connectivity index (χ3n) is 2.86. The molecule has 0 saturated carbocycles. The van der Waals surface area contributed by atoms with Crippen molar-refractivity contribution in [1.82, 2.24) is 0 Å². The highest BCUT2D eigenvalue weighted by atomic mass is 16.5. The van der Waals surface area contributed by atoms with Crippen LogP contribution in [0.15, 0.2) is 18.2 Å². The molecular formula is C15H19NO3. The maximum absolute atomic E-state index is 11.7.